The lowest BCUT2D eigenvalue weighted by Crippen LogP contribution is -2.26. The highest BCUT2D eigenvalue weighted by atomic mass is 35.5. The van der Waals surface area contributed by atoms with Gasteiger partial charge in [0, 0.05) is 6.04 Å². The molecule has 1 N–H and O–H groups in total. The van der Waals surface area contributed by atoms with E-state index >= 15 is 0 Å². The van der Waals surface area contributed by atoms with Crippen molar-refractivity contribution in [2.24, 2.45) is 5.92 Å². The highest BCUT2D eigenvalue weighted by Crippen LogP contribution is 2.36. The molecule has 0 heterocycles. The number of nitrogens with one attached hydrogen (secondary N) is 1. The van der Waals surface area contributed by atoms with Crippen molar-refractivity contribution in [3.05, 3.63) is 28.8 Å². The second-order valence-electron chi connectivity index (χ2n) is 5.43. The molecule has 1 aliphatic carbocycles. The average Bonchev–Trinajstić information content (AvgIpc) is 2.37. The summed E-state index contributed by atoms with van der Waals surface area (Å²) in [6, 6.07) is 6.58. The van der Waals surface area contributed by atoms with Crippen molar-refractivity contribution in [1.82, 2.24) is 5.32 Å². The Morgan fingerprint density at radius 2 is 2.21 bits per heavy atom. The summed E-state index contributed by atoms with van der Waals surface area (Å²) in [6.07, 6.45) is 6.55. The molecule has 2 nitrogen and oxygen atoms in total. The fourth-order valence-electron chi connectivity index (χ4n) is 2.62. The van der Waals surface area contributed by atoms with Gasteiger partial charge in [0.2, 0.25) is 0 Å². The Labute approximate surface area is 121 Å². The number of hydrogen-bond donors (Lipinski definition) is 1. The molecular formula is C16H24ClNO. The molecule has 1 aliphatic rings. The van der Waals surface area contributed by atoms with Crippen LogP contribution in [0, 0.1) is 5.92 Å². The van der Waals surface area contributed by atoms with E-state index in [1.807, 2.05) is 12.1 Å². The van der Waals surface area contributed by atoms with E-state index in [-0.39, 0.29) is 0 Å². The highest BCUT2D eigenvalue weighted by molar-refractivity contribution is 6.32. The molecule has 3 heteroatoms. The van der Waals surface area contributed by atoms with Crippen LogP contribution >= 0.6 is 11.6 Å². The lowest BCUT2D eigenvalue weighted by atomic mass is 9.79. The van der Waals surface area contributed by atoms with Crippen LogP contribution in [0.15, 0.2) is 18.2 Å². The van der Waals surface area contributed by atoms with Crippen LogP contribution in [0.1, 0.15) is 50.6 Å². The number of methoxy groups -OCH3 is 1. The molecular weight excluding hydrogens is 258 g/mol. The molecule has 0 spiro atoms. The highest BCUT2D eigenvalue weighted by Gasteiger charge is 2.23. The first-order chi connectivity index (χ1) is 9.24. The van der Waals surface area contributed by atoms with Gasteiger partial charge >= 0.3 is 0 Å². The van der Waals surface area contributed by atoms with Crippen molar-refractivity contribution >= 4 is 11.6 Å². The standard InChI is InChI=1S/C16H24ClNO/c1-3-9-18-15(10-12-5-4-6-12)13-7-8-16(19-2)14(17)11-13/h7-8,11-12,15,18H,3-6,9-10H2,1-2H3. The average molecular weight is 282 g/mol. The van der Waals surface area contributed by atoms with Crippen LogP contribution in [0.3, 0.4) is 0 Å². The van der Waals surface area contributed by atoms with Gasteiger partial charge in [-0.3, -0.25) is 0 Å². The van der Waals surface area contributed by atoms with Crippen LogP contribution in [-0.4, -0.2) is 13.7 Å². The lowest BCUT2D eigenvalue weighted by molar-refractivity contribution is 0.261. The van der Waals surface area contributed by atoms with Crippen LogP contribution in [0.5, 0.6) is 5.75 Å². The molecule has 1 aromatic rings. The van der Waals surface area contributed by atoms with E-state index in [0.29, 0.717) is 11.1 Å². The van der Waals surface area contributed by atoms with Gasteiger partial charge in [0.1, 0.15) is 5.75 Å². The van der Waals surface area contributed by atoms with E-state index in [2.05, 4.69) is 18.3 Å². The zero-order valence-corrected chi connectivity index (χ0v) is 12.7. The number of ether oxygens (including phenoxy) is 1. The molecule has 1 saturated carbocycles. The van der Waals surface area contributed by atoms with Crippen LogP contribution in [-0.2, 0) is 0 Å². The van der Waals surface area contributed by atoms with Gasteiger partial charge < -0.3 is 10.1 Å². The number of rotatable bonds is 7. The van der Waals surface area contributed by atoms with E-state index in [4.69, 9.17) is 16.3 Å². The maximum Gasteiger partial charge on any atom is 0.137 e. The van der Waals surface area contributed by atoms with Crippen LogP contribution in [0.4, 0.5) is 0 Å². The monoisotopic (exact) mass is 281 g/mol. The minimum Gasteiger partial charge on any atom is -0.495 e. The van der Waals surface area contributed by atoms with Crippen molar-refractivity contribution in [1.29, 1.82) is 0 Å². The Balaban J connectivity index is 2.08. The number of hydrogen-bond acceptors (Lipinski definition) is 2. The van der Waals surface area contributed by atoms with E-state index in [9.17, 15) is 0 Å². The van der Waals surface area contributed by atoms with Gasteiger partial charge in [0.25, 0.3) is 0 Å². The Bertz CT molecular complexity index is 404. The van der Waals surface area contributed by atoms with Crippen LogP contribution in [0.25, 0.3) is 0 Å². The summed E-state index contributed by atoms with van der Waals surface area (Å²) in [5.74, 6) is 1.64. The molecule has 1 aromatic carbocycles. The first-order valence-electron chi connectivity index (χ1n) is 7.31. The molecule has 0 radical (unpaired) electrons. The van der Waals surface area contributed by atoms with Crippen molar-refractivity contribution in [3.8, 4) is 5.75 Å². The summed E-state index contributed by atoms with van der Waals surface area (Å²) < 4.78 is 5.22. The van der Waals surface area contributed by atoms with Crippen molar-refractivity contribution < 1.29 is 4.74 Å². The number of benzene rings is 1. The third-order valence-electron chi connectivity index (χ3n) is 4.01. The SMILES string of the molecule is CCCNC(CC1CCC1)c1ccc(OC)c(Cl)c1. The molecule has 2 rings (SSSR count). The van der Waals surface area contributed by atoms with Gasteiger partial charge in [0.15, 0.2) is 0 Å². The Morgan fingerprint density at radius 3 is 2.74 bits per heavy atom. The summed E-state index contributed by atoms with van der Waals surface area (Å²) in [6.45, 7) is 3.26. The Morgan fingerprint density at radius 1 is 1.42 bits per heavy atom. The quantitative estimate of drug-likeness (QED) is 0.790. The first-order valence-corrected chi connectivity index (χ1v) is 7.69. The second-order valence-corrected chi connectivity index (χ2v) is 5.84. The van der Waals surface area contributed by atoms with Gasteiger partial charge in [-0.25, -0.2) is 0 Å². The molecule has 0 aromatic heterocycles. The minimum absolute atomic E-state index is 0.425. The maximum absolute atomic E-state index is 6.24. The molecule has 0 saturated heterocycles. The van der Waals surface area contributed by atoms with E-state index in [1.54, 1.807) is 7.11 Å². The fraction of sp³-hybridized carbons (Fsp3) is 0.625. The molecule has 0 aliphatic heterocycles. The topological polar surface area (TPSA) is 21.3 Å². The normalized spacial score (nSPS) is 17.0. The van der Waals surface area contributed by atoms with Gasteiger partial charge in [-0.2, -0.15) is 0 Å². The Kier molecular flexibility index (Phi) is 5.53. The van der Waals surface area contributed by atoms with Crippen molar-refractivity contribution in [3.63, 3.8) is 0 Å². The Hall–Kier alpha value is -0.730. The van der Waals surface area contributed by atoms with Gasteiger partial charge in [-0.15, -0.1) is 0 Å². The predicted molar refractivity (Wildman–Crippen MR) is 81.0 cm³/mol. The molecule has 0 bridgehead atoms. The summed E-state index contributed by atoms with van der Waals surface area (Å²) >= 11 is 6.24. The van der Waals surface area contributed by atoms with Crippen LogP contribution in [0.2, 0.25) is 5.02 Å². The zero-order valence-electron chi connectivity index (χ0n) is 11.9. The molecule has 106 valence electrons. The number of halogens is 1. The summed E-state index contributed by atoms with van der Waals surface area (Å²) in [7, 11) is 1.65. The fourth-order valence-corrected chi connectivity index (χ4v) is 2.88. The van der Waals surface area contributed by atoms with Crippen LogP contribution < -0.4 is 10.1 Å². The lowest BCUT2D eigenvalue weighted by Gasteiger charge is -2.30. The molecule has 1 unspecified atom stereocenters. The van der Waals surface area contributed by atoms with Crippen molar-refractivity contribution in [2.75, 3.05) is 13.7 Å². The predicted octanol–water partition coefficient (Wildman–Crippen LogP) is 4.58. The summed E-state index contributed by atoms with van der Waals surface area (Å²) in [5.41, 5.74) is 1.28. The smallest absolute Gasteiger partial charge is 0.137 e. The van der Waals surface area contributed by atoms with Gasteiger partial charge in [0.05, 0.1) is 12.1 Å². The van der Waals surface area contributed by atoms with Gasteiger partial charge in [-0.05, 0) is 43.0 Å². The largest absolute Gasteiger partial charge is 0.495 e. The third kappa shape index (κ3) is 3.87. The minimum atomic E-state index is 0.425. The molecule has 1 fully saturated rings. The van der Waals surface area contributed by atoms with Crippen molar-refractivity contribution in [2.45, 2.75) is 45.1 Å². The summed E-state index contributed by atoms with van der Waals surface area (Å²) in [5, 5.41) is 4.36. The molecule has 19 heavy (non-hydrogen) atoms. The van der Waals surface area contributed by atoms with Gasteiger partial charge in [-0.1, -0.05) is 43.9 Å². The zero-order chi connectivity index (χ0) is 13.7. The van der Waals surface area contributed by atoms with E-state index in [1.165, 1.54) is 31.2 Å². The molecule has 0 amide bonds. The third-order valence-corrected chi connectivity index (χ3v) is 4.31. The maximum atomic E-state index is 6.24. The summed E-state index contributed by atoms with van der Waals surface area (Å²) in [4.78, 5) is 0. The van der Waals surface area contributed by atoms with E-state index < -0.39 is 0 Å². The van der Waals surface area contributed by atoms with E-state index in [0.717, 1.165) is 24.6 Å². The second kappa shape index (κ2) is 7.16. The first kappa shape index (κ1) is 14.7. The molecule has 1 atom stereocenters.